The van der Waals surface area contributed by atoms with Crippen molar-refractivity contribution in [3.05, 3.63) is 17.8 Å². The maximum absolute atomic E-state index is 12.8. The molecule has 0 unspecified atom stereocenters. The predicted octanol–water partition coefficient (Wildman–Crippen LogP) is 4.59. The minimum Gasteiger partial charge on any atom is -0.446 e. The Morgan fingerprint density at radius 2 is 1.79 bits per heavy atom. The molecule has 1 heterocycles. The largest absolute Gasteiger partial charge is 0.446 e. The van der Waals surface area contributed by atoms with E-state index in [0.717, 1.165) is 38.5 Å². The van der Waals surface area contributed by atoms with E-state index in [0.29, 0.717) is 24.6 Å². The van der Waals surface area contributed by atoms with Gasteiger partial charge in [-0.2, -0.15) is 0 Å². The quantitative estimate of drug-likeness (QED) is 0.706. The van der Waals surface area contributed by atoms with Gasteiger partial charge in [0, 0.05) is 18.5 Å². The van der Waals surface area contributed by atoms with E-state index in [2.05, 4.69) is 17.2 Å². The Bertz CT molecular complexity index is 631. The van der Waals surface area contributed by atoms with E-state index in [1.807, 2.05) is 4.90 Å². The van der Waals surface area contributed by atoms with E-state index in [4.69, 9.17) is 4.42 Å². The number of nitrogens with zero attached hydrogens (tertiary/aromatic N) is 2. The van der Waals surface area contributed by atoms with Crippen molar-refractivity contribution in [2.24, 2.45) is 0 Å². The molecule has 2 aliphatic rings. The van der Waals surface area contributed by atoms with E-state index in [1.165, 1.54) is 44.8 Å². The van der Waals surface area contributed by atoms with Crippen LogP contribution in [0, 0.1) is 0 Å². The molecule has 2 amide bonds. The topological polar surface area (TPSA) is 75.4 Å². The summed E-state index contributed by atoms with van der Waals surface area (Å²) in [6.07, 6.45) is 15.3. The zero-order chi connectivity index (χ0) is 19.8. The zero-order valence-electron chi connectivity index (χ0n) is 17.3. The first kappa shape index (κ1) is 20.9. The number of unbranched alkanes of at least 4 members (excludes halogenated alkanes) is 1. The maximum Gasteiger partial charge on any atom is 0.273 e. The number of nitrogens with one attached hydrogen (secondary N) is 1. The molecule has 1 aromatic rings. The summed E-state index contributed by atoms with van der Waals surface area (Å²) in [6, 6.07) is 0.514. The molecule has 0 spiro atoms. The summed E-state index contributed by atoms with van der Waals surface area (Å²) < 4.78 is 5.59. The average Bonchev–Trinajstić information content (AvgIpc) is 3.20. The van der Waals surface area contributed by atoms with Crippen LogP contribution in [0.4, 0.5) is 0 Å². The molecule has 2 fully saturated rings. The lowest BCUT2D eigenvalue weighted by Gasteiger charge is -2.33. The minimum atomic E-state index is -0.163. The van der Waals surface area contributed by atoms with Crippen molar-refractivity contribution in [1.82, 2.24) is 15.2 Å². The van der Waals surface area contributed by atoms with Crippen LogP contribution in [0.1, 0.15) is 107 Å². The molecule has 3 rings (SSSR count). The molecular weight excluding hydrogens is 354 g/mol. The van der Waals surface area contributed by atoms with Gasteiger partial charge in [0.15, 0.2) is 5.69 Å². The van der Waals surface area contributed by atoms with Crippen LogP contribution in [0.3, 0.4) is 0 Å². The van der Waals surface area contributed by atoms with Crippen LogP contribution in [0.5, 0.6) is 0 Å². The second kappa shape index (κ2) is 10.6. The SMILES string of the molecule is CCCCC(=O)N(Cc1nc(C(=O)NC2CCCCC2)co1)C1CCCCC1. The Labute approximate surface area is 168 Å². The molecule has 0 atom stereocenters. The van der Waals surface area contributed by atoms with Crippen molar-refractivity contribution in [2.75, 3.05) is 0 Å². The average molecular weight is 390 g/mol. The Morgan fingerprint density at radius 3 is 2.46 bits per heavy atom. The van der Waals surface area contributed by atoms with Crippen molar-refractivity contribution < 1.29 is 14.0 Å². The molecular formula is C22H35N3O3. The van der Waals surface area contributed by atoms with Crippen LogP contribution in [-0.2, 0) is 11.3 Å². The number of amides is 2. The number of rotatable bonds is 8. The first-order chi connectivity index (χ1) is 13.7. The summed E-state index contributed by atoms with van der Waals surface area (Å²) in [5.74, 6) is 0.479. The third-order valence-corrected chi connectivity index (χ3v) is 6.11. The molecule has 0 bridgehead atoms. The van der Waals surface area contributed by atoms with Crippen LogP contribution in [0.25, 0.3) is 0 Å². The Morgan fingerprint density at radius 1 is 1.11 bits per heavy atom. The number of carbonyl (C=O) groups is 2. The van der Waals surface area contributed by atoms with Gasteiger partial charge >= 0.3 is 0 Å². The van der Waals surface area contributed by atoms with Gasteiger partial charge in [-0.3, -0.25) is 9.59 Å². The van der Waals surface area contributed by atoms with Gasteiger partial charge in [-0.15, -0.1) is 0 Å². The lowest BCUT2D eigenvalue weighted by atomic mass is 9.94. The molecule has 2 aliphatic carbocycles. The van der Waals surface area contributed by atoms with E-state index in [1.54, 1.807) is 0 Å². The number of hydrogen-bond acceptors (Lipinski definition) is 4. The van der Waals surface area contributed by atoms with E-state index in [9.17, 15) is 9.59 Å². The number of hydrogen-bond donors (Lipinski definition) is 1. The van der Waals surface area contributed by atoms with Crippen molar-refractivity contribution in [1.29, 1.82) is 0 Å². The van der Waals surface area contributed by atoms with Crippen LogP contribution in [-0.4, -0.2) is 33.8 Å². The van der Waals surface area contributed by atoms with Crippen LogP contribution >= 0.6 is 0 Å². The highest BCUT2D eigenvalue weighted by Crippen LogP contribution is 2.25. The Kier molecular flexibility index (Phi) is 7.92. The van der Waals surface area contributed by atoms with E-state index < -0.39 is 0 Å². The van der Waals surface area contributed by atoms with Gasteiger partial charge in [0.05, 0.1) is 6.54 Å². The third-order valence-electron chi connectivity index (χ3n) is 6.11. The normalized spacial score (nSPS) is 18.8. The summed E-state index contributed by atoms with van der Waals surface area (Å²) in [7, 11) is 0. The fraction of sp³-hybridized carbons (Fsp3) is 0.773. The molecule has 156 valence electrons. The highest BCUT2D eigenvalue weighted by atomic mass is 16.3. The van der Waals surface area contributed by atoms with Crippen molar-refractivity contribution in [3.63, 3.8) is 0 Å². The summed E-state index contributed by atoms with van der Waals surface area (Å²) in [5, 5.41) is 3.07. The Balaban J connectivity index is 1.61. The smallest absolute Gasteiger partial charge is 0.273 e. The van der Waals surface area contributed by atoms with Crippen LogP contribution in [0.2, 0.25) is 0 Å². The van der Waals surface area contributed by atoms with Gasteiger partial charge in [0.25, 0.3) is 5.91 Å². The van der Waals surface area contributed by atoms with Crippen LogP contribution < -0.4 is 5.32 Å². The van der Waals surface area contributed by atoms with Gasteiger partial charge < -0.3 is 14.6 Å². The molecule has 1 aromatic heterocycles. The first-order valence-corrected chi connectivity index (χ1v) is 11.2. The fourth-order valence-corrected chi connectivity index (χ4v) is 4.43. The summed E-state index contributed by atoms with van der Waals surface area (Å²) in [4.78, 5) is 31.6. The summed E-state index contributed by atoms with van der Waals surface area (Å²) in [6.45, 7) is 2.47. The van der Waals surface area contributed by atoms with Gasteiger partial charge in [0.2, 0.25) is 11.8 Å². The fourth-order valence-electron chi connectivity index (χ4n) is 4.43. The molecule has 0 saturated heterocycles. The maximum atomic E-state index is 12.8. The molecule has 0 aliphatic heterocycles. The van der Waals surface area contributed by atoms with Gasteiger partial charge in [-0.05, 0) is 32.1 Å². The van der Waals surface area contributed by atoms with Gasteiger partial charge in [-0.25, -0.2) is 4.98 Å². The number of oxazole rings is 1. The van der Waals surface area contributed by atoms with Crippen molar-refractivity contribution in [2.45, 2.75) is 109 Å². The summed E-state index contributed by atoms with van der Waals surface area (Å²) in [5.41, 5.74) is 0.324. The number of carbonyl (C=O) groups excluding carboxylic acids is 2. The first-order valence-electron chi connectivity index (χ1n) is 11.2. The van der Waals surface area contributed by atoms with Crippen molar-refractivity contribution in [3.8, 4) is 0 Å². The molecule has 0 aromatic carbocycles. The second-order valence-corrected chi connectivity index (χ2v) is 8.35. The van der Waals surface area contributed by atoms with E-state index in [-0.39, 0.29) is 23.9 Å². The van der Waals surface area contributed by atoms with Crippen molar-refractivity contribution >= 4 is 11.8 Å². The molecule has 28 heavy (non-hydrogen) atoms. The third kappa shape index (κ3) is 5.82. The monoisotopic (exact) mass is 389 g/mol. The predicted molar refractivity (Wildman–Crippen MR) is 108 cm³/mol. The Hall–Kier alpha value is -1.85. The zero-order valence-corrected chi connectivity index (χ0v) is 17.3. The molecule has 6 heteroatoms. The van der Waals surface area contributed by atoms with Crippen LogP contribution in [0.15, 0.2) is 10.7 Å². The molecule has 0 radical (unpaired) electrons. The number of aromatic nitrogens is 1. The molecule has 6 nitrogen and oxygen atoms in total. The summed E-state index contributed by atoms with van der Waals surface area (Å²) >= 11 is 0. The highest BCUT2D eigenvalue weighted by Gasteiger charge is 2.27. The van der Waals surface area contributed by atoms with Gasteiger partial charge in [0.1, 0.15) is 6.26 Å². The highest BCUT2D eigenvalue weighted by molar-refractivity contribution is 5.92. The van der Waals surface area contributed by atoms with Gasteiger partial charge in [-0.1, -0.05) is 51.9 Å². The lowest BCUT2D eigenvalue weighted by molar-refractivity contribution is -0.135. The molecule has 2 saturated carbocycles. The second-order valence-electron chi connectivity index (χ2n) is 8.35. The minimum absolute atomic E-state index is 0.163. The van der Waals surface area contributed by atoms with E-state index >= 15 is 0 Å². The standard InChI is InChI=1S/C22H35N3O3/c1-2-3-14-21(26)25(18-12-8-5-9-13-18)15-20-24-19(16-28-20)22(27)23-17-10-6-4-7-11-17/h16-18H,2-15H2,1H3,(H,23,27). The molecule has 1 N–H and O–H groups in total. The lowest BCUT2D eigenvalue weighted by Crippen LogP contribution is -2.41.